The Labute approximate surface area is 107 Å². The van der Waals surface area contributed by atoms with Crippen molar-refractivity contribution in [2.24, 2.45) is 0 Å². The Morgan fingerprint density at radius 3 is 2.44 bits per heavy atom. The predicted molar refractivity (Wildman–Crippen MR) is 64.4 cm³/mol. The molecule has 0 unspecified atom stereocenters. The third-order valence-corrected chi connectivity index (χ3v) is 2.75. The van der Waals surface area contributed by atoms with Gasteiger partial charge >= 0.3 is 12.1 Å². The lowest BCUT2D eigenvalue weighted by Crippen LogP contribution is -2.41. The van der Waals surface area contributed by atoms with Crippen LogP contribution in [0.1, 0.15) is 33.6 Å². The predicted octanol–water partition coefficient (Wildman–Crippen LogP) is 1.49. The average molecular weight is 259 g/mol. The summed E-state index contributed by atoms with van der Waals surface area (Å²) in [6.45, 7) is 5.71. The van der Waals surface area contributed by atoms with Crippen molar-refractivity contribution in [3.05, 3.63) is 0 Å². The van der Waals surface area contributed by atoms with E-state index < -0.39 is 17.7 Å². The second-order valence-electron chi connectivity index (χ2n) is 5.48. The number of hydrogen-bond acceptors (Lipinski definition) is 4. The first-order valence-corrected chi connectivity index (χ1v) is 5.97. The summed E-state index contributed by atoms with van der Waals surface area (Å²) in [5.41, 5.74) is -0.587. The maximum atomic E-state index is 12.0. The molecule has 1 rings (SSSR count). The first kappa shape index (κ1) is 14.8. The van der Waals surface area contributed by atoms with Crippen LogP contribution in [0.15, 0.2) is 0 Å². The van der Waals surface area contributed by atoms with E-state index in [-0.39, 0.29) is 18.6 Å². The van der Waals surface area contributed by atoms with E-state index in [4.69, 9.17) is 14.6 Å². The molecule has 2 atom stereocenters. The Morgan fingerprint density at radius 1 is 1.39 bits per heavy atom. The van der Waals surface area contributed by atoms with E-state index in [2.05, 4.69) is 0 Å². The summed E-state index contributed by atoms with van der Waals surface area (Å²) >= 11 is 0. The number of nitrogens with zero attached hydrogens (tertiary/aromatic N) is 1. The SMILES string of the molecule is CO[C@@H]1C[C@@H](CC(=O)O)N(C(=O)OC(C)(C)C)C1. The van der Waals surface area contributed by atoms with E-state index in [1.54, 1.807) is 27.9 Å². The summed E-state index contributed by atoms with van der Waals surface area (Å²) in [6.07, 6.45) is -0.156. The van der Waals surface area contributed by atoms with Crippen LogP contribution >= 0.6 is 0 Å². The molecule has 6 nitrogen and oxygen atoms in total. The van der Waals surface area contributed by atoms with E-state index in [0.29, 0.717) is 13.0 Å². The number of methoxy groups -OCH3 is 1. The highest BCUT2D eigenvalue weighted by molar-refractivity contribution is 5.72. The lowest BCUT2D eigenvalue weighted by molar-refractivity contribution is -0.138. The van der Waals surface area contributed by atoms with Crippen molar-refractivity contribution in [2.75, 3.05) is 13.7 Å². The van der Waals surface area contributed by atoms with Crippen LogP contribution in [0, 0.1) is 0 Å². The third kappa shape index (κ3) is 4.18. The standard InChI is InChI=1S/C12H21NO5/c1-12(2,3)18-11(16)13-7-9(17-4)5-8(13)6-10(14)15/h8-9H,5-7H2,1-4H3,(H,14,15)/t8-,9+/m0/s1. The minimum absolute atomic E-state index is 0.0842. The van der Waals surface area contributed by atoms with E-state index in [1.807, 2.05) is 0 Å². The Kier molecular flexibility index (Phi) is 4.56. The van der Waals surface area contributed by atoms with Gasteiger partial charge in [-0.3, -0.25) is 4.79 Å². The van der Waals surface area contributed by atoms with Gasteiger partial charge in [-0.1, -0.05) is 0 Å². The van der Waals surface area contributed by atoms with Crippen LogP contribution in [0.3, 0.4) is 0 Å². The molecule has 104 valence electrons. The topological polar surface area (TPSA) is 76.1 Å². The van der Waals surface area contributed by atoms with Gasteiger partial charge in [-0.25, -0.2) is 4.79 Å². The minimum atomic E-state index is -0.926. The number of aliphatic carboxylic acids is 1. The molecule has 0 aromatic heterocycles. The van der Waals surface area contributed by atoms with Gasteiger partial charge in [0.2, 0.25) is 0 Å². The third-order valence-electron chi connectivity index (χ3n) is 2.75. The van der Waals surface area contributed by atoms with Crippen molar-refractivity contribution in [1.29, 1.82) is 0 Å². The summed E-state index contributed by atoms with van der Waals surface area (Å²) in [5.74, 6) is -0.926. The molecule has 0 aromatic carbocycles. The summed E-state index contributed by atoms with van der Waals surface area (Å²) in [7, 11) is 1.56. The first-order valence-electron chi connectivity index (χ1n) is 5.97. The summed E-state index contributed by atoms with van der Waals surface area (Å²) < 4.78 is 10.5. The molecule has 0 radical (unpaired) electrons. The second-order valence-corrected chi connectivity index (χ2v) is 5.48. The highest BCUT2D eigenvalue weighted by Gasteiger charge is 2.38. The van der Waals surface area contributed by atoms with E-state index in [9.17, 15) is 9.59 Å². The molecule has 1 aliphatic rings. The number of carbonyl (C=O) groups is 2. The maximum Gasteiger partial charge on any atom is 0.410 e. The number of hydrogen-bond donors (Lipinski definition) is 1. The largest absolute Gasteiger partial charge is 0.481 e. The van der Waals surface area contributed by atoms with Gasteiger partial charge in [0.25, 0.3) is 0 Å². The highest BCUT2D eigenvalue weighted by Crippen LogP contribution is 2.24. The number of ether oxygens (including phenoxy) is 2. The number of carbonyl (C=O) groups excluding carboxylic acids is 1. The van der Waals surface area contributed by atoms with Crippen LogP contribution in [0.4, 0.5) is 4.79 Å². The van der Waals surface area contributed by atoms with Crippen LogP contribution in [0.5, 0.6) is 0 Å². The fourth-order valence-corrected chi connectivity index (χ4v) is 1.98. The molecule has 0 aliphatic carbocycles. The lowest BCUT2D eigenvalue weighted by atomic mass is 10.1. The molecular weight excluding hydrogens is 238 g/mol. The van der Waals surface area contributed by atoms with Crippen LogP contribution in [-0.4, -0.2) is 53.5 Å². The van der Waals surface area contributed by atoms with Crippen molar-refractivity contribution in [3.63, 3.8) is 0 Å². The number of carboxylic acid groups (broad SMARTS) is 1. The zero-order chi connectivity index (χ0) is 13.9. The fraction of sp³-hybridized carbons (Fsp3) is 0.833. The van der Waals surface area contributed by atoms with Crippen LogP contribution in [0.25, 0.3) is 0 Å². The van der Waals surface area contributed by atoms with E-state index in [1.165, 1.54) is 4.90 Å². The van der Waals surface area contributed by atoms with Crippen LogP contribution < -0.4 is 0 Å². The van der Waals surface area contributed by atoms with Gasteiger partial charge in [0.05, 0.1) is 19.1 Å². The van der Waals surface area contributed by atoms with Gasteiger partial charge in [0.15, 0.2) is 0 Å². The number of amides is 1. The zero-order valence-electron chi connectivity index (χ0n) is 11.3. The first-order chi connectivity index (χ1) is 8.23. The summed E-state index contributed by atoms with van der Waals surface area (Å²) in [5, 5.41) is 8.85. The second kappa shape index (κ2) is 5.56. The summed E-state index contributed by atoms with van der Waals surface area (Å²) in [4.78, 5) is 24.2. The van der Waals surface area contributed by atoms with Gasteiger partial charge in [0.1, 0.15) is 5.60 Å². The number of carboxylic acids is 1. The smallest absolute Gasteiger partial charge is 0.410 e. The van der Waals surface area contributed by atoms with E-state index in [0.717, 1.165) is 0 Å². The monoisotopic (exact) mass is 259 g/mol. The van der Waals surface area contributed by atoms with Crippen molar-refractivity contribution in [2.45, 2.75) is 51.4 Å². The summed E-state index contributed by atoms with van der Waals surface area (Å²) in [6, 6.07) is -0.359. The van der Waals surface area contributed by atoms with Gasteiger partial charge < -0.3 is 19.5 Å². The van der Waals surface area contributed by atoms with Crippen molar-refractivity contribution in [3.8, 4) is 0 Å². The van der Waals surface area contributed by atoms with Crippen molar-refractivity contribution >= 4 is 12.1 Å². The maximum absolute atomic E-state index is 12.0. The average Bonchev–Trinajstić information content (AvgIpc) is 2.57. The number of rotatable bonds is 3. The number of likely N-dealkylation sites (tertiary alicyclic amines) is 1. The van der Waals surface area contributed by atoms with Crippen molar-refractivity contribution < 1.29 is 24.2 Å². The Morgan fingerprint density at radius 2 is 2.00 bits per heavy atom. The van der Waals surface area contributed by atoms with Crippen LogP contribution in [0.2, 0.25) is 0 Å². The van der Waals surface area contributed by atoms with Gasteiger partial charge in [-0.15, -0.1) is 0 Å². The van der Waals surface area contributed by atoms with Crippen molar-refractivity contribution in [1.82, 2.24) is 4.90 Å². The molecule has 1 amide bonds. The fourth-order valence-electron chi connectivity index (χ4n) is 1.98. The van der Waals surface area contributed by atoms with Gasteiger partial charge in [-0.05, 0) is 27.2 Å². The molecule has 1 aliphatic heterocycles. The van der Waals surface area contributed by atoms with Gasteiger partial charge in [0, 0.05) is 13.2 Å². The molecule has 0 bridgehead atoms. The molecule has 1 saturated heterocycles. The molecular formula is C12H21NO5. The molecule has 1 heterocycles. The Bertz CT molecular complexity index is 323. The molecule has 0 spiro atoms. The molecule has 18 heavy (non-hydrogen) atoms. The Hall–Kier alpha value is -1.30. The van der Waals surface area contributed by atoms with E-state index >= 15 is 0 Å². The molecule has 0 aromatic rings. The van der Waals surface area contributed by atoms with Gasteiger partial charge in [-0.2, -0.15) is 0 Å². The lowest BCUT2D eigenvalue weighted by Gasteiger charge is -2.27. The molecule has 6 heteroatoms. The minimum Gasteiger partial charge on any atom is -0.481 e. The Balaban J connectivity index is 2.70. The molecule has 1 fully saturated rings. The molecule has 0 saturated carbocycles. The zero-order valence-corrected chi connectivity index (χ0v) is 11.3. The molecule has 1 N–H and O–H groups in total. The normalized spacial score (nSPS) is 24.1. The van der Waals surface area contributed by atoms with Crippen LogP contribution in [-0.2, 0) is 14.3 Å². The quantitative estimate of drug-likeness (QED) is 0.831. The highest BCUT2D eigenvalue weighted by atomic mass is 16.6.